The van der Waals surface area contributed by atoms with E-state index in [2.05, 4.69) is 25.4 Å². The lowest BCUT2D eigenvalue weighted by atomic mass is 10.1. The van der Waals surface area contributed by atoms with Gasteiger partial charge in [0.2, 0.25) is 0 Å². The Balaban J connectivity index is 1.48. The molecule has 0 bridgehead atoms. The minimum Gasteiger partial charge on any atom is -0.389 e. The number of likely N-dealkylation sites (tertiary alicyclic amines) is 1. The van der Waals surface area contributed by atoms with Crippen molar-refractivity contribution in [2.75, 3.05) is 31.2 Å². The number of nitrogens with two attached hydrogens (primary N) is 2. The van der Waals surface area contributed by atoms with Crippen LogP contribution in [0.5, 0.6) is 0 Å². The van der Waals surface area contributed by atoms with Gasteiger partial charge in [-0.05, 0) is 25.0 Å². The molecule has 0 aliphatic carbocycles. The number of H-pyrrole nitrogens is 1. The molecule has 33 heavy (non-hydrogen) atoms. The summed E-state index contributed by atoms with van der Waals surface area (Å²) < 4.78 is 33.7. The average molecular weight is 478 g/mol. The standard InChI is InChI=1S/C21H25F2N7O2S/c1-32-16-6-8-30(7-5-13(16)24)10-15-14(9-26-29-15)27-20(31)18-19(25)33-21(28-18)17-11(22)3-2-4-12(17)23/h2-4,9,13,16H,5-8,10,24-25H2,1H3,(H,26,29)(H,27,31). The molecule has 3 aromatic rings. The Hall–Kier alpha value is -2.93. The van der Waals surface area contributed by atoms with Gasteiger partial charge in [-0.2, -0.15) is 5.10 Å². The van der Waals surface area contributed by atoms with Gasteiger partial charge in [0.15, 0.2) is 5.69 Å². The summed E-state index contributed by atoms with van der Waals surface area (Å²) in [4.78, 5) is 19.2. The van der Waals surface area contributed by atoms with E-state index in [-0.39, 0.29) is 33.4 Å². The van der Waals surface area contributed by atoms with Gasteiger partial charge >= 0.3 is 0 Å². The SMILES string of the molecule is COC1CCN(Cc2[nH]ncc2NC(=O)c2nc(-c3c(F)cccc3F)sc2N)CCC1N. The average Bonchev–Trinajstić information content (AvgIpc) is 3.32. The number of hydrogen-bond acceptors (Lipinski definition) is 8. The fraction of sp³-hybridized carbons (Fsp3) is 0.381. The first kappa shape index (κ1) is 23.2. The van der Waals surface area contributed by atoms with E-state index in [0.29, 0.717) is 17.9 Å². The Morgan fingerprint density at radius 3 is 2.79 bits per heavy atom. The predicted octanol–water partition coefficient (Wildman–Crippen LogP) is 2.58. The van der Waals surface area contributed by atoms with Gasteiger partial charge in [0.25, 0.3) is 5.91 Å². The maximum Gasteiger partial charge on any atom is 0.277 e. The predicted molar refractivity (Wildman–Crippen MR) is 122 cm³/mol. The molecule has 0 radical (unpaired) electrons. The third-order valence-electron chi connectivity index (χ3n) is 5.68. The van der Waals surface area contributed by atoms with Crippen molar-refractivity contribution in [1.82, 2.24) is 20.1 Å². The van der Waals surface area contributed by atoms with Crippen LogP contribution in [0.1, 0.15) is 29.0 Å². The highest BCUT2D eigenvalue weighted by atomic mass is 32.1. The number of ether oxygens (including phenoxy) is 1. The molecule has 9 nitrogen and oxygen atoms in total. The van der Waals surface area contributed by atoms with Crippen LogP contribution >= 0.6 is 11.3 Å². The fourth-order valence-corrected chi connectivity index (χ4v) is 4.73. The summed E-state index contributed by atoms with van der Waals surface area (Å²) in [6, 6.07) is 3.48. The number of nitrogens with zero attached hydrogens (tertiary/aromatic N) is 3. The maximum absolute atomic E-state index is 14.1. The van der Waals surface area contributed by atoms with Crippen LogP contribution in [-0.4, -0.2) is 58.3 Å². The number of hydrogen-bond donors (Lipinski definition) is 4. The molecule has 0 saturated carbocycles. The summed E-state index contributed by atoms with van der Waals surface area (Å²) in [5.41, 5.74) is 12.9. The van der Waals surface area contributed by atoms with Gasteiger partial charge in [-0.15, -0.1) is 0 Å². The second kappa shape index (κ2) is 9.91. The molecule has 1 amide bonds. The molecule has 2 unspecified atom stereocenters. The first-order valence-corrected chi connectivity index (χ1v) is 11.2. The Bertz CT molecular complexity index is 1120. The number of anilines is 2. The number of amides is 1. The van der Waals surface area contributed by atoms with Gasteiger partial charge in [-0.25, -0.2) is 13.8 Å². The third-order valence-corrected chi connectivity index (χ3v) is 6.58. The van der Waals surface area contributed by atoms with Crippen LogP contribution in [0.2, 0.25) is 0 Å². The van der Waals surface area contributed by atoms with Crippen LogP contribution in [-0.2, 0) is 11.3 Å². The van der Waals surface area contributed by atoms with Crippen LogP contribution in [0.3, 0.4) is 0 Å². The monoisotopic (exact) mass is 477 g/mol. The molecule has 1 saturated heterocycles. The molecule has 176 valence electrons. The van der Waals surface area contributed by atoms with Gasteiger partial charge in [0.1, 0.15) is 21.6 Å². The van der Waals surface area contributed by atoms with Gasteiger partial charge in [0.05, 0.1) is 29.2 Å². The second-order valence-electron chi connectivity index (χ2n) is 7.84. The molecule has 6 N–H and O–H groups in total. The molecule has 3 heterocycles. The van der Waals surface area contributed by atoms with Crippen LogP contribution in [0.4, 0.5) is 19.5 Å². The van der Waals surface area contributed by atoms with Gasteiger partial charge in [-0.1, -0.05) is 17.4 Å². The van der Waals surface area contributed by atoms with Crippen molar-refractivity contribution >= 4 is 27.9 Å². The Labute approximate surface area is 193 Å². The Morgan fingerprint density at radius 1 is 1.33 bits per heavy atom. The fourth-order valence-electron chi connectivity index (χ4n) is 3.85. The maximum atomic E-state index is 14.1. The number of thiazole rings is 1. The molecule has 4 rings (SSSR count). The van der Waals surface area contributed by atoms with Gasteiger partial charge < -0.3 is 21.5 Å². The summed E-state index contributed by atoms with van der Waals surface area (Å²) in [5, 5.41) is 9.74. The first-order chi connectivity index (χ1) is 15.9. The van der Waals surface area contributed by atoms with Crippen molar-refractivity contribution in [3.63, 3.8) is 0 Å². The number of carbonyl (C=O) groups excluding carboxylic acids is 1. The van der Waals surface area contributed by atoms with Crippen LogP contribution < -0.4 is 16.8 Å². The smallest absolute Gasteiger partial charge is 0.277 e. The second-order valence-corrected chi connectivity index (χ2v) is 8.87. The normalized spacial score (nSPS) is 19.4. The molecule has 0 spiro atoms. The third kappa shape index (κ3) is 5.03. The molecule has 2 atom stereocenters. The number of nitrogens with one attached hydrogen (secondary N) is 2. The van der Waals surface area contributed by atoms with Gasteiger partial charge in [-0.3, -0.25) is 14.8 Å². The quantitative estimate of drug-likeness (QED) is 0.429. The van der Waals surface area contributed by atoms with E-state index in [4.69, 9.17) is 16.2 Å². The van der Waals surface area contributed by atoms with Crippen LogP contribution in [0, 0.1) is 11.6 Å². The zero-order valence-corrected chi connectivity index (χ0v) is 18.8. The van der Waals surface area contributed by atoms with E-state index >= 15 is 0 Å². The lowest BCUT2D eigenvalue weighted by molar-refractivity contribution is 0.0756. The van der Waals surface area contributed by atoms with Gasteiger partial charge in [0, 0.05) is 32.8 Å². The molecule has 1 fully saturated rings. The van der Waals surface area contributed by atoms with E-state index in [9.17, 15) is 13.6 Å². The Morgan fingerprint density at radius 2 is 2.06 bits per heavy atom. The van der Waals surface area contributed by atoms with E-state index in [0.717, 1.165) is 49.4 Å². The molecule has 1 aliphatic rings. The Kier molecular flexibility index (Phi) is 6.98. The topological polar surface area (TPSA) is 135 Å². The first-order valence-electron chi connectivity index (χ1n) is 10.4. The molecule has 1 aromatic carbocycles. The highest BCUT2D eigenvalue weighted by molar-refractivity contribution is 7.19. The van der Waals surface area contributed by atoms with Crippen molar-refractivity contribution in [3.05, 3.63) is 47.4 Å². The van der Waals surface area contributed by atoms with Crippen molar-refractivity contribution < 1.29 is 18.3 Å². The molecular weight excluding hydrogens is 452 g/mol. The van der Waals surface area contributed by atoms with E-state index < -0.39 is 17.5 Å². The highest BCUT2D eigenvalue weighted by Gasteiger charge is 2.25. The number of benzene rings is 1. The molecular formula is C21H25F2N7O2S. The minimum atomic E-state index is -0.777. The minimum absolute atomic E-state index is 0.00531. The van der Waals surface area contributed by atoms with Crippen molar-refractivity contribution in [1.29, 1.82) is 0 Å². The zero-order valence-electron chi connectivity index (χ0n) is 18.0. The number of carbonyl (C=O) groups is 1. The van der Waals surface area contributed by atoms with E-state index in [1.54, 1.807) is 7.11 Å². The zero-order chi connectivity index (χ0) is 23.5. The van der Waals surface area contributed by atoms with Crippen LogP contribution in [0.15, 0.2) is 24.4 Å². The largest absolute Gasteiger partial charge is 0.389 e. The van der Waals surface area contributed by atoms with Crippen molar-refractivity contribution in [2.45, 2.75) is 31.5 Å². The number of aromatic amines is 1. The van der Waals surface area contributed by atoms with E-state index in [1.807, 2.05) is 0 Å². The number of halogens is 2. The number of aromatic nitrogens is 3. The summed E-state index contributed by atoms with van der Waals surface area (Å²) in [6.45, 7) is 2.09. The highest BCUT2D eigenvalue weighted by Crippen LogP contribution is 2.33. The van der Waals surface area contributed by atoms with Crippen molar-refractivity contribution in [2.24, 2.45) is 5.73 Å². The number of methoxy groups -OCH3 is 1. The van der Waals surface area contributed by atoms with E-state index in [1.165, 1.54) is 12.3 Å². The summed E-state index contributed by atoms with van der Waals surface area (Å²) in [7, 11) is 1.67. The molecule has 12 heteroatoms. The van der Waals surface area contributed by atoms with Crippen LogP contribution in [0.25, 0.3) is 10.6 Å². The molecule has 2 aromatic heterocycles. The number of nitrogen functional groups attached to an aromatic ring is 1. The van der Waals surface area contributed by atoms with Crippen molar-refractivity contribution in [3.8, 4) is 10.6 Å². The summed E-state index contributed by atoms with van der Waals surface area (Å²) in [5.74, 6) is -2.15. The summed E-state index contributed by atoms with van der Waals surface area (Å²) in [6.07, 6.45) is 3.10. The molecule has 1 aliphatic heterocycles. The number of rotatable bonds is 6. The lowest BCUT2D eigenvalue weighted by Crippen LogP contribution is -2.35. The lowest BCUT2D eigenvalue weighted by Gasteiger charge is -2.19. The summed E-state index contributed by atoms with van der Waals surface area (Å²) >= 11 is 0.845.